The van der Waals surface area contributed by atoms with E-state index in [9.17, 15) is 5.11 Å². The van der Waals surface area contributed by atoms with E-state index >= 15 is 0 Å². The van der Waals surface area contributed by atoms with Gasteiger partial charge in [0, 0.05) is 13.0 Å². The van der Waals surface area contributed by atoms with Gasteiger partial charge in [0.25, 0.3) is 0 Å². The zero-order valence-electron chi connectivity index (χ0n) is 4.98. The van der Waals surface area contributed by atoms with Gasteiger partial charge in [-0.1, -0.05) is 0 Å². The quantitative estimate of drug-likeness (QED) is 0.610. The van der Waals surface area contributed by atoms with Gasteiger partial charge in [0.15, 0.2) is 0 Å². The van der Waals surface area contributed by atoms with E-state index in [1.165, 1.54) is 0 Å². The van der Waals surface area contributed by atoms with Crippen LogP contribution in [-0.4, -0.2) is 34.2 Å². The van der Waals surface area contributed by atoms with Crippen LogP contribution in [0.25, 0.3) is 0 Å². The van der Waals surface area contributed by atoms with Gasteiger partial charge < -0.3 is 10.2 Å². The van der Waals surface area contributed by atoms with Gasteiger partial charge in [0.05, 0.1) is 17.4 Å². The summed E-state index contributed by atoms with van der Waals surface area (Å²) in [7, 11) is 0. The normalized spacial score (nSPS) is 12.0. The second-order valence-electron chi connectivity index (χ2n) is 1.97. The maximum absolute atomic E-state index is 9.20. The summed E-state index contributed by atoms with van der Waals surface area (Å²) in [5.74, 6) is 0.133. The summed E-state index contributed by atoms with van der Waals surface area (Å²) in [5, 5.41) is 17.6. The van der Waals surface area contributed by atoms with E-state index in [2.05, 4.69) is 0 Å². The number of aliphatic hydroxyl groups is 2. The first-order valence-corrected chi connectivity index (χ1v) is 3.70. The average molecular weight is 173 g/mol. The van der Waals surface area contributed by atoms with Crippen molar-refractivity contribution in [2.24, 2.45) is 0 Å². The summed E-state index contributed by atoms with van der Waals surface area (Å²) >= 11 is 10.7. The van der Waals surface area contributed by atoms with Crippen molar-refractivity contribution in [2.45, 2.75) is 12.0 Å². The van der Waals surface area contributed by atoms with Crippen molar-refractivity contribution in [3.8, 4) is 0 Å². The lowest BCUT2D eigenvalue weighted by atomic mass is 10.1. The largest absolute Gasteiger partial charge is 0.396 e. The van der Waals surface area contributed by atoms with E-state index in [4.69, 9.17) is 28.3 Å². The lowest BCUT2D eigenvalue weighted by Crippen LogP contribution is -2.34. The van der Waals surface area contributed by atoms with E-state index in [0.717, 1.165) is 0 Å². The van der Waals surface area contributed by atoms with Crippen LogP contribution in [0.15, 0.2) is 0 Å². The third kappa shape index (κ3) is 3.26. The van der Waals surface area contributed by atoms with Crippen molar-refractivity contribution < 1.29 is 10.2 Å². The van der Waals surface area contributed by atoms with Crippen LogP contribution in [0.4, 0.5) is 0 Å². The van der Waals surface area contributed by atoms with Crippen LogP contribution in [-0.2, 0) is 0 Å². The average Bonchev–Trinajstić information content (AvgIpc) is 1.89. The van der Waals surface area contributed by atoms with E-state index in [1.54, 1.807) is 0 Å². The Kier molecular flexibility index (Phi) is 4.58. The molecule has 4 heteroatoms. The molecule has 0 aliphatic rings. The van der Waals surface area contributed by atoms with Crippen LogP contribution in [0.3, 0.4) is 0 Å². The molecule has 0 unspecified atom stereocenters. The first-order chi connectivity index (χ1) is 4.18. The highest BCUT2D eigenvalue weighted by molar-refractivity contribution is 6.21. The Labute approximate surface area is 64.4 Å². The predicted molar refractivity (Wildman–Crippen MR) is 38.1 cm³/mol. The fraction of sp³-hybridized carbons (Fsp3) is 1.00. The second-order valence-corrected chi connectivity index (χ2v) is 2.50. The van der Waals surface area contributed by atoms with Crippen LogP contribution in [0.5, 0.6) is 0 Å². The molecule has 0 saturated heterocycles. The van der Waals surface area contributed by atoms with Gasteiger partial charge in [0.1, 0.15) is 0 Å². The van der Waals surface area contributed by atoms with E-state index in [-0.39, 0.29) is 24.8 Å². The molecule has 0 fully saturated rings. The molecule has 0 aromatic carbocycles. The Morgan fingerprint density at radius 2 is 1.67 bits per heavy atom. The summed E-state index contributed by atoms with van der Waals surface area (Å²) in [6.07, 6.45) is 0.236. The van der Waals surface area contributed by atoms with Gasteiger partial charge >= 0.3 is 0 Å². The zero-order chi connectivity index (χ0) is 7.33. The van der Waals surface area contributed by atoms with E-state index in [1.807, 2.05) is 0 Å². The molecule has 0 atom stereocenters. The van der Waals surface area contributed by atoms with Gasteiger partial charge in [-0.05, 0) is 0 Å². The van der Waals surface area contributed by atoms with Crippen molar-refractivity contribution in [3.05, 3.63) is 0 Å². The maximum Gasteiger partial charge on any atom is 0.0938 e. The number of hydrogen-bond acceptors (Lipinski definition) is 2. The van der Waals surface area contributed by atoms with Gasteiger partial charge in [-0.2, -0.15) is 0 Å². The standard InChI is InChI=1S/C5H10Cl2O2/c6-3-5(9,4-7)1-2-8/h8-9H,1-4H2. The van der Waals surface area contributed by atoms with Gasteiger partial charge in [-0.15, -0.1) is 23.2 Å². The molecule has 0 aromatic heterocycles. The molecular weight excluding hydrogens is 163 g/mol. The summed E-state index contributed by atoms with van der Waals surface area (Å²) in [6.45, 7) is -0.0874. The van der Waals surface area contributed by atoms with E-state index < -0.39 is 5.60 Å². The smallest absolute Gasteiger partial charge is 0.0938 e. The number of aliphatic hydroxyl groups excluding tert-OH is 1. The topological polar surface area (TPSA) is 40.5 Å². The molecule has 0 radical (unpaired) electrons. The molecule has 0 aliphatic carbocycles. The number of halogens is 2. The van der Waals surface area contributed by atoms with Crippen LogP contribution >= 0.6 is 23.2 Å². The Morgan fingerprint density at radius 1 is 1.22 bits per heavy atom. The zero-order valence-corrected chi connectivity index (χ0v) is 6.49. The first-order valence-electron chi connectivity index (χ1n) is 2.64. The molecule has 56 valence electrons. The third-order valence-corrected chi connectivity index (χ3v) is 2.07. The van der Waals surface area contributed by atoms with Gasteiger partial charge in [-0.25, -0.2) is 0 Å². The number of alkyl halides is 2. The summed E-state index contributed by atoms with van der Waals surface area (Å²) in [5.41, 5.74) is -1.09. The monoisotopic (exact) mass is 172 g/mol. The Balaban J connectivity index is 3.62. The third-order valence-electron chi connectivity index (χ3n) is 1.07. The first kappa shape index (κ1) is 9.50. The van der Waals surface area contributed by atoms with Crippen LogP contribution in [0.2, 0.25) is 0 Å². The molecule has 0 aliphatic heterocycles. The highest BCUT2D eigenvalue weighted by Gasteiger charge is 2.23. The van der Waals surface area contributed by atoms with Crippen LogP contribution < -0.4 is 0 Å². The molecule has 0 saturated carbocycles. The minimum atomic E-state index is -1.09. The molecule has 0 bridgehead atoms. The van der Waals surface area contributed by atoms with Crippen molar-refractivity contribution in [2.75, 3.05) is 18.4 Å². The molecule has 0 spiro atoms. The maximum atomic E-state index is 9.20. The fourth-order valence-corrected chi connectivity index (χ4v) is 0.930. The SMILES string of the molecule is OCCC(O)(CCl)CCl. The number of hydrogen-bond donors (Lipinski definition) is 2. The predicted octanol–water partition coefficient (Wildman–Crippen LogP) is 0.578. The molecule has 0 aromatic rings. The van der Waals surface area contributed by atoms with Crippen molar-refractivity contribution in [1.29, 1.82) is 0 Å². The molecular formula is C5H10Cl2O2. The Bertz CT molecular complexity index is 73.4. The molecule has 0 rings (SSSR count). The molecule has 0 amide bonds. The van der Waals surface area contributed by atoms with Gasteiger partial charge in [0.2, 0.25) is 0 Å². The van der Waals surface area contributed by atoms with Crippen molar-refractivity contribution >= 4 is 23.2 Å². The van der Waals surface area contributed by atoms with E-state index in [0.29, 0.717) is 0 Å². The minimum Gasteiger partial charge on any atom is -0.396 e. The Morgan fingerprint density at radius 3 is 1.78 bits per heavy atom. The summed E-state index contributed by atoms with van der Waals surface area (Å²) in [4.78, 5) is 0. The molecule has 0 heterocycles. The van der Waals surface area contributed by atoms with Crippen LogP contribution in [0, 0.1) is 0 Å². The summed E-state index contributed by atoms with van der Waals surface area (Å²) < 4.78 is 0. The number of rotatable bonds is 4. The fourth-order valence-electron chi connectivity index (χ4n) is 0.377. The molecule has 2 nitrogen and oxygen atoms in total. The lowest BCUT2D eigenvalue weighted by Gasteiger charge is -2.20. The Hall–Kier alpha value is 0.500. The molecule has 9 heavy (non-hydrogen) atoms. The lowest BCUT2D eigenvalue weighted by molar-refractivity contribution is 0.0580. The van der Waals surface area contributed by atoms with Crippen molar-refractivity contribution in [3.63, 3.8) is 0 Å². The summed E-state index contributed by atoms with van der Waals surface area (Å²) in [6, 6.07) is 0. The molecule has 2 N–H and O–H groups in total. The second kappa shape index (κ2) is 4.34. The highest BCUT2D eigenvalue weighted by Crippen LogP contribution is 2.13. The highest BCUT2D eigenvalue weighted by atomic mass is 35.5. The van der Waals surface area contributed by atoms with Crippen LogP contribution in [0.1, 0.15) is 6.42 Å². The van der Waals surface area contributed by atoms with Gasteiger partial charge in [-0.3, -0.25) is 0 Å². The van der Waals surface area contributed by atoms with Crippen molar-refractivity contribution in [1.82, 2.24) is 0 Å². The minimum absolute atomic E-state index is 0.0665.